The fourth-order valence-corrected chi connectivity index (χ4v) is 3.28. The van der Waals surface area contributed by atoms with Gasteiger partial charge in [0.2, 0.25) is 5.91 Å². The number of carbonyl (C=O) groups is 1. The van der Waals surface area contributed by atoms with E-state index in [2.05, 4.69) is 47.4 Å². The number of nitrogens with zero attached hydrogens (tertiary/aromatic N) is 1. The number of amides is 1. The number of rotatable bonds is 7. The van der Waals surface area contributed by atoms with Gasteiger partial charge in [-0.25, -0.2) is 0 Å². The van der Waals surface area contributed by atoms with Crippen molar-refractivity contribution in [3.05, 3.63) is 70.9 Å². The van der Waals surface area contributed by atoms with E-state index in [1.165, 1.54) is 22.0 Å². The van der Waals surface area contributed by atoms with E-state index < -0.39 is 0 Å². The number of hydrogen-bond acceptors (Lipinski definition) is 1. The van der Waals surface area contributed by atoms with Crippen LogP contribution in [0, 0.1) is 0 Å². The molecular formula is C21H23ClN2O. The Morgan fingerprint density at radius 1 is 1.08 bits per heavy atom. The van der Waals surface area contributed by atoms with Gasteiger partial charge in [-0.05, 0) is 48.6 Å². The number of halogens is 1. The molecule has 0 saturated carbocycles. The lowest BCUT2D eigenvalue weighted by Gasteiger charge is -2.05. The lowest BCUT2D eigenvalue weighted by molar-refractivity contribution is -0.121. The van der Waals surface area contributed by atoms with E-state index in [0.29, 0.717) is 13.0 Å². The van der Waals surface area contributed by atoms with Crippen molar-refractivity contribution in [2.75, 3.05) is 6.54 Å². The maximum Gasteiger partial charge on any atom is 0.220 e. The Hall–Kier alpha value is -2.26. The summed E-state index contributed by atoms with van der Waals surface area (Å²) in [6, 6.07) is 16.1. The molecule has 0 spiro atoms. The molecule has 0 aliphatic carbocycles. The summed E-state index contributed by atoms with van der Waals surface area (Å²) in [6.45, 7) is 0.661. The summed E-state index contributed by atoms with van der Waals surface area (Å²) in [7, 11) is 2.06. The first-order valence-corrected chi connectivity index (χ1v) is 9.05. The lowest BCUT2D eigenvalue weighted by atomic mass is 10.1. The average molecular weight is 355 g/mol. The van der Waals surface area contributed by atoms with Crippen LogP contribution in [-0.4, -0.2) is 17.0 Å². The van der Waals surface area contributed by atoms with Crippen LogP contribution in [0.5, 0.6) is 0 Å². The minimum absolute atomic E-state index is 0.120. The van der Waals surface area contributed by atoms with E-state index in [1.54, 1.807) is 0 Å². The molecule has 3 rings (SSSR count). The van der Waals surface area contributed by atoms with Gasteiger partial charge < -0.3 is 9.88 Å². The van der Waals surface area contributed by atoms with Gasteiger partial charge in [-0.2, -0.15) is 0 Å². The van der Waals surface area contributed by atoms with Crippen molar-refractivity contribution in [2.45, 2.75) is 25.7 Å². The van der Waals surface area contributed by atoms with Crippen LogP contribution in [0.15, 0.2) is 54.7 Å². The highest BCUT2D eigenvalue weighted by atomic mass is 35.5. The molecule has 0 aliphatic rings. The molecule has 3 aromatic rings. The van der Waals surface area contributed by atoms with E-state index >= 15 is 0 Å². The first-order chi connectivity index (χ1) is 12.1. The average Bonchev–Trinajstić information content (AvgIpc) is 2.93. The molecule has 0 bridgehead atoms. The normalized spacial score (nSPS) is 11.0. The van der Waals surface area contributed by atoms with Gasteiger partial charge in [-0.1, -0.05) is 41.9 Å². The van der Waals surface area contributed by atoms with Crippen molar-refractivity contribution < 1.29 is 4.79 Å². The second kappa shape index (κ2) is 8.21. The van der Waals surface area contributed by atoms with Gasteiger partial charge in [-0.15, -0.1) is 0 Å². The monoisotopic (exact) mass is 354 g/mol. The quantitative estimate of drug-likeness (QED) is 0.665. The van der Waals surface area contributed by atoms with Crippen LogP contribution in [-0.2, 0) is 24.7 Å². The van der Waals surface area contributed by atoms with Crippen LogP contribution >= 0.6 is 11.6 Å². The molecule has 1 amide bonds. The summed E-state index contributed by atoms with van der Waals surface area (Å²) in [4.78, 5) is 12.0. The smallest absolute Gasteiger partial charge is 0.220 e. The summed E-state index contributed by atoms with van der Waals surface area (Å²) >= 11 is 5.87. The molecule has 2 aromatic carbocycles. The molecule has 0 atom stereocenters. The number of aromatic nitrogens is 1. The highest BCUT2D eigenvalue weighted by Crippen LogP contribution is 2.21. The summed E-state index contributed by atoms with van der Waals surface area (Å²) in [5.41, 5.74) is 3.73. The number of carbonyl (C=O) groups excluding carboxylic acids is 1. The molecule has 4 heteroatoms. The molecular weight excluding hydrogens is 332 g/mol. The number of aryl methyl sites for hydroxylation is 2. The topological polar surface area (TPSA) is 34.0 Å². The highest BCUT2D eigenvalue weighted by Gasteiger charge is 2.07. The highest BCUT2D eigenvalue weighted by molar-refractivity contribution is 6.30. The van der Waals surface area contributed by atoms with Gasteiger partial charge in [0.25, 0.3) is 0 Å². The summed E-state index contributed by atoms with van der Waals surface area (Å²) in [5.74, 6) is 0.120. The van der Waals surface area contributed by atoms with Crippen molar-refractivity contribution >= 4 is 28.4 Å². The number of fused-ring (bicyclic) bond motifs is 1. The zero-order valence-electron chi connectivity index (χ0n) is 14.5. The zero-order chi connectivity index (χ0) is 17.6. The summed E-state index contributed by atoms with van der Waals surface area (Å²) < 4.78 is 2.15. The standard InChI is InChI=1S/C21H23ClN2O/c1-24-15-17(19-6-2-3-7-20(19)24)5-4-8-21(25)23-14-13-16-9-11-18(22)12-10-16/h2-3,6-7,9-12,15H,4-5,8,13-14H2,1H3,(H,23,25). The number of nitrogens with one attached hydrogen (secondary N) is 1. The van der Waals surface area contributed by atoms with Crippen molar-refractivity contribution in [3.8, 4) is 0 Å². The fraction of sp³-hybridized carbons (Fsp3) is 0.286. The summed E-state index contributed by atoms with van der Waals surface area (Å²) in [5, 5.41) is 5.02. The van der Waals surface area contributed by atoms with Gasteiger partial charge in [0, 0.05) is 42.1 Å². The Kier molecular flexibility index (Phi) is 5.77. The maximum atomic E-state index is 12.0. The Morgan fingerprint density at radius 3 is 2.64 bits per heavy atom. The first kappa shape index (κ1) is 17.6. The molecule has 0 radical (unpaired) electrons. The lowest BCUT2D eigenvalue weighted by Crippen LogP contribution is -2.25. The Bertz CT molecular complexity index is 852. The van der Waals surface area contributed by atoms with Crippen molar-refractivity contribution in [1.29, 1.82) is 0 Å². The Morgan fingerprint density at radius 2 is 1.84 bits per heavy atom. The third kappa shape index (κ3) is 4.64. The van der Waals surface area contributed by atoms with Gasteiger partial charge in [-0.3, -0.25) is 4.79 Å². The van der Waals surface area contributed by atoms with Crippen molar-refractivity contribution in [3.63, 3.8) is 0 Å². The van der Waals surface area contributed by atoms with Gasteiger partial charge in [0.05, 0.1) is 0 Å². The van der Waals surface area contributed by atoms with Crippen LogP contribution in [0.2, 0.25) is 5.02 Å². The largest absolute Gasteiger partial charge is 0.356 e. The second-order valence-electron chi connectivity index (χ2n) is 6.36. The molecule has 0 unspecified atom stereocenters. The van der Waals surface area contributed by atoms with Gasteiger partial charge >= 0.3 is 0 Å². The molecule has 0 aliphatic heterocycles. The first-order valence-electron chi connectivity index (χ1n) is 8.67. The van der Waals surface area contributed by atoms with E-state index in [0.717, 1.165) is 24.3 Å². The van der Waals surface area contributed by atoms with E-state index in [9.17, 15) is 4.79 Å². The molecule has 1 heterocycles. The third-order valence-corrected chi connectivity index (χ3v) is 4.73. The fourth-order valence-electron chi connectivity index (χ4n) is 3.15. The Labute approximate surface area is 153 Å². The predicted molar refractivity (Wildman–Crippen MR) is 104 cm³/mol. The predicted octanol–water partition coefficient (Wildman–Crippen LogP) is 4.51. The second-order valence-corrected chi connectivity index (χ2v) is 6.80. The molecule has 0 saturated heterocycles. The van der Waals surface area contributed by atoms with Crippen LogP contribution in [0.25, 0.3) is 10.9 Å². The Balaban J connectivity index is 1.42. The molecule has 25 heavy (non-hydrogen) atoms. The maximum absolute atomic E-state index is 12.0. The van der Waals surface area contributed by atoms with Crippen molar-refractivity contribution in [1.82, 2.24) is 9.88 Å². The van der Waals surface area contributed by atoms with Crippen LogP contribution in [0.3, 0.4) is 0 Å². The van der Waals surface area contributed by atoms with Gasteiger partial charge in [0.1, 0.15) is 0 Å². The van der Waals surface area contributed by atoms with Crippen LogP contribution in [0.4, 0.5) is 0 Å². The molecule has 1 N–H and O–H groups in total. The van der Waals surface area contributed by atoms with Crippen LogP contribution in [0.1, 0.15) is 24.0 Å². The minimum atomic E-state index is 0.120. The minimum Gasteiger partial charge on any atom is -0.356 e. The molecule has 1 aromatic heterocycles. The van der Waals surface area contributed by atoms with Crippen molar-refractivity contribution in [2.24, 2.45) is 7.05 Å². The van der Waals surface area contributed by atoms with Gasteiger partial charge in [0.15, 0.2) is 0 Å². The van der Waals surface area contributed by atoms with Crippen LogP contribution < -0.4 is 5.32 Å². The number of hydrogen-bond donors (Lipinski definition) is 1. The number of benzene rings is 2. The van der Waals surface area contributed by atoms with E-state index in [-0.39, 0.29) is 5.91 Å². The third-order valence-electron chi connectivity index (χ3n) is 4.48. The van der Waals surface area contributed by atoms with E-state index in [4.69, 9.17) is 11.6 Å². The summed E-state index contributed by atoms with van der Waals surface area (Å²) in [6.07, 6.45) is 5.34. The number of para-hydroxylation sites is 1. The van der Waals surface area contributed by atoms with E-state index in [1.807, 2.05) is 24.3 Å². The molecule has 130 valence electrons. The SMILES string of the molecule is Cn1cc(CCCC(=O)NCCc2ccc(Cl)cc2)c2ccccc21. The molecule has 3 nitrogen and oxygen atoms in total. The zero-order valence-corrected chi connectivity index (χ0v) is 15.2. The molecule has 0 fully saturated rings.